The van der Waals surface area contributed by atoms with Crippen LogP contribution >= 0.6 is 0 Å². The molecule has 0 bridgehead atoms. The molecule has 0 radical (unpaired) electrons. The summed E-state index contributed by atoms with van der Waals surface area (Å²) in [5.74, 6) is 0.735. The van der Waals surface area contributed by atoms with E-state index >= 15 is 0 Å². The number of hydrogen-bond donors (Lipinski definition) is 1. The lowest BCUT2D eigenvalue weighted by atomic mass is 10.2. The maximum absolute atomic E-state index is 12.1. The largest absolute Gasteiger partial charge is 0.497 e. The molecule has 0 aliphatic rings. The third-order valence-electron chi connectivity index (χ3n) is 3.93. The van der Waals surface area contributed by atoms with Crippen LogP contribution in [0.4, 0.5) is 0 Å². The highest BCUT2D eigenvalue weighted by atomic mass is 16.5. The number of ether oxygens (including phenoxy) is 1. The number of amides is 1. The second-order valence-corrected chi connectivity index (χ2v) is 5.71. The zero-order chi connectivity index (χ0) is 18.9. The van der Waals surface area contributed by atoms with Gasteiger partial charge in [-0.2, -0.15) is 4.98 Å². The molecule has 140 valence electrons. The predicted molar refractivity (Wildman–Crippen MR) is 93.7 cm³/mol. The molecule has 2 aromatic rings. The van der Waals surface area contributed by atoms with Crippen molar-refractivity contribution in [3.05, 3.63) is 30.2 Å². The zero-order valence-corrected chi connectivity index (χ0v) is 15.0. The summed E-state index contributed by atoms with van der Waals surface area (Å²) in [6.07, 6.45) is 1.32. The summed E-state index contributed by atoms with van der Waals surface area (Å²) in [7, 11) is 1.60. The van der Waals surface area contributed by atoms with E-state index in [-0.39, 0.29) is 18.9 Å². The predicted octanol–water partition coefficient (Wildman–Crippen LogP) is 2.39. The van der Waals surface area contributed by atoms with E-state index in [9.17, 15) is 9.59 Å². The van der Waals surface area contributed by atoms with Gasteiger partial charge in [0.2, 0.25) is 17.6 Å². The molecule has 1 N–H and O–H groups in total. The first-order valence-corrected chi connectivity index (χ1v) is 8.50. The summed E-state index contributed by atoms with van der Waals surface area (Å²) in [5.41, 5.74) is 0.822. The molecule has 0 spiro atoms. The van der Waals surface area contributed by atoms with Gasteiger partial charge < -0.3 is 19.3 Å². The maximum Gasteiger partial charge on any atom is 0.305 e. The minimum absolute atomic E-state index is 0.0472. The Kier molecular flexibility index (Phi) is 7.13. The van der Waals surface area contributed by atoms with E-state index in [2.05, 4.69) is 10.1 Å². The third kappa shape index (κ3) is 5.58. The van der Waals surface area contributed by atoms with Gasteiger partial charge in [-0.3, -0.25) is 9.59 Å². The van der Waals surface area contributed by atoms with Crippen LogP contribution in [-0.4, -0.2) is 52.2 Å². The van der Waals surface area contributed by atoms with Crippen LogP contribution in [0, 0.1) is 0 Å². The van der Waals surface area contributed by atoms with Gasteiger partial charge in [-0.15, -0.1) is 0 Å². The number of carboxylic acids is 1. The van der Waals surface area contributed by atoms with Gasteiger partial charge in [-0.25, -0.2) is 0 Å². The van der Waals surface area contributed by atoms with E-state index in [0.717, 1.165) is 11.3 Å². The van der Waals surface area contributed by atoms with Gasteiger partial charge in [0.25, 0.3) is 0 Å². The number of aliphatic carboxylic acids is 1. The van der Waals surface area contributed by atoms with Crippen LogP contribution in [0.25, 0.3) is 11.4 Å². The molecule has 1 amide bonds. The topological polar surface area (TPSA) is 106 Å². The lowest BCUT2D eigenvalue weighted by Crippen LogP contribution is -2.32. The molecule has 0 saturated carbocycles. The van der Waals surface area contributed by atoms with Crippen LogP contribution in [0.2, 0.25) is 0 Å². The zero-order valence-electron chi connectivity index (χ0n) is 15.0. The number of aromatic nitrogens is 2. The summed E-state index contributed by atoms with van der Waals surface area (Å²) < 4.78 is 10.3. The van der Waals surface area contributed by atoms with Crippen molar-refractivity contribution in [3.63, 3.8) is 0 Å². The molecule has 0 aliphatic heterocycles. The molecule has 26 heavy (non-hydrogen) atoms. The van der Waals surface area contributed by atoms with Crippen LogP contribution in [0.1, 0.15) is 32.1 Å². The fourth-order valence-corrected chi connectivity index (χ4v) is 2.45. The first kappa shape index (κ1) is 19.4. The number of benzene rings is 1. The van der Waals surface area contributed by atoms with Crippen molar-refractivity contribution < 1.29 is 24.0 Å². The van der Waals surface area contributed by atoms with Gasteiger partial charge in [0.1, 0.15) is 5.75 Å². The molecule has 1 aromatic heterocycles. The minimum atomic E-state index is -0.909. The van der Waals surface area contributed by atoms with Crippen LogP contribution < -0.4 is 4.74 Å². The average Bonchev–Trinajstić information content (AvgIpc) is 3.11. The fraction of sp³-hybridized carbons (Fsp3) is 0.444. The number of carbonyl (C=O) groups is 2. The lowest BCUT2D eigenvalue weighted by Gasteiger charge is -2.19. The highest BCUT2D eigenvalue weighted by molar-refractivity contribution is 5.77. The highest BCUT2D eigenvalue weighted by Gasteiger charge is 2.14. The number of aryl methyl sites for hydroxylation is 1. The number of nitrogens with zero attached hydrogens (tertiary/aromatic N) is 3. The Bertz CT molecular complexity index is 727. The molecule has 8 heteroatoms. The Morgan fingerprint density at radius 3 is 2.58 bits per heavy atom. The van der Waals surface area contributed by atoms with Crippen LogP contribution in [-0.2, 0) is 16.0 Å². The molecule has 0 aliphatic carbocycles. The molecule has 0 fully saturated rings. The normalized spacial score (nSPS) is 10.5. The van der Waals surface area contributed by atoms with Gasteiger partial charge in [0.05, 0.1) is 13.5 Å². The second kappa shape index (κ2) is 9.55. The Labute approximate surface area is 151 Å². The Balaban J connectivity index is 1.83. The second-order valence-electron chi connectivity index (χ2n) is 5.71. The molecule has 1 aromatic carbocycles. The van der Waals surface area contributed by atoms with Crippen molar-refractivity contribution in [1.29, 1.82) is 0 Å². The number of methoxy groups -OCH3 is 1. The van der Waals surface area contributed by atoms with Gasteiger partial charge >= 0.3 is 5.97 Å². The molecular formula is C18H23N3O5. The standard InChI is InChI=1S/C18H23N3O5/c1-3-21(12-11-17(23)24)16(22)6-4-5-15-19-18(20-26-15)13-7-9-14(25-2)10-8-13/h7-10H,3-6,11-12H2,1-2H3,(H,23,24). The van der Waals surface area contributed by atoms with Crippen LogP contribution in [0.3, 0.4) is 0 Å². The van der Waals surface area contributed by atoms with Crippen molar-refractivity contribution in [2.45, 2.75) is 32.6 Å². The minimum Gasteiger partial charge on any atom is -0.497 e. The van der Waals surface area contributed by atoms with E-state index < -0.39 is 5.97 Å². The van der Waals surface area contributed by atoms with Crippen molar-refractivity contribution in [2.75, 3.05) is 20.2 Å². The number of rotatable bonds is 10. The first-order chi connectivity index (χ1) is 12.5. The van der Waals surface area contributed by atoms with E-state index in [4.69, 9.17) is 14.4 Å². The van der Waals surface area contributed by atoms with Gasteiger partial charge in [-0.05, 0) is 37.6 Å². The first-order valence-electron chi connectivity index (χ1n) is 8.50. The maximum atomic E-state index is 12.1. The van der Waals surface area contributed by atoms with Crippen LogP contribution in [0.15, 0.2) is 28.8 Å². The van der Waals surface area contributed by atoms with Gasteiger partial charge in [0.15, 0.2) is 0 Å². The third-order valence-corrected chi connectivity index (χ3v) is 3.93. The average molecular weight is 361 g/mol. The van der Waals surface area contributed by atoms with Gasteiger partial charge in [0, 0.05) is 31.5 Å². The SMILES string of the molecule is CCN(CCC(=O)O)C(=O)CCCc1nc(-c2ccc(OC)cc2)no1. The van der Waals surface area contributed by atoms with E-state index in [1.54, 1.807) is 12.0 Å². The summed E-state index contributed by atoms with van der Waals surface area (Å²) in [5, 5.41) is 12.7. The number of hydrogen-bond acceptors (Lipinski definition) is 6. The van der Waals surface area contributed by atoms with E-state index in [1.807, 2.05) is 31.2 Å². The molecule has 0 saturated heterocycles. The fourth-order valence-electron chi connectivity index (χ4n) is 2.45. The van der Waals surface area contributed by atoms with E-state index in [0.29, 0.717) is 37.5 Å². The number of carboxylic acid groups (broad SMARTS) is 1. The molecule has 1 heterocycles. The molecule has 0 unspecified atom stereocenters. The van der Waals surface area contributed by atoms with Crippen molar-refractivity contribution in [3.8, 4) is 17.1 Å². The molecule has 2 rings (SSSR count). The summed E-state index contributed by atoms with van der Waals surface area (Å²) >= 11 is 0. The monoisotopic (exact) mass is 361 g/mol. The molecule has 0 atom stereocenters. The Morgan fingerprint density at radius 2 is 1.96 bits per heavy atom. The Morgan fingerprint density at radius 1 is 1.23 bits per heavy atom. The van der Waals surface area contributed by atoms with Crippen LogP contribution in [0.5, 0.6) is 5.75 Å². The Hall–Kier alpha value is -2.90. The summed E-state index contributed by atoms with van der Waals surface area (Å²) in [6.45, 7) is 2.56. The summed E-state index contributed by atoms with van der Waals surface area (Å²) in [6, 6.07) is 7.33. The van der Waals surface area contributed by atoms with Crippen molar-refractivity contribution in [1.82, 2.24) is 15.0 Å². The number of carbonyl (C=O) groups excluding carboxylic acids is 1. The smallest absolute Gasteiger partial charge is 0.305 e. The van der Waals surface area contributed by atoms with Crippen molar-refractivity contribution in [2.24, 2.45) is 0 Å². The van der Waals surface area contributed by atoms with Gasteiger partial charge in [-0.1, -0.05) is 5.16 Å². The molecular weight excluding hydrogens is 338 g/mol. The van der Waals surface area contributed by atoms with E-state index in [1.165, 1.54) is 0 Å². The molecule has 8 nitrogen and oxygen atoms in total. The quantitative estimate of drug-likeness (QED) is 0.692. The lowest BCUT2D eigenvalue weighted by molar-refractivity contribution is -0.138. The van der Waals surface area contributed by atoms with Crippen molar-refractivity contribution >= 4 is 11.9 Å². The highest BCUT2D eigenvalue weighted by Crippen LogP contribution is 2.20. The summed E-state index contributed by atoms with van der Waals surface area (Å²) in [4.78, 5) is 28.6.